The number of carbonyl (C=O) groups excluding carboxylic acids is 2. The molecule has 1 aliphatic heterocycles. The molecule has 1 aliphatic rings. The summed E-state index contributed by atoms with van der Waals surface area (Å²) in [6.45, 7) is 16.9. The summed E-state index contributed by atoms with van der Waals surface area (Å²) in [7, 11) is -2.38. The fraction of sp³-hybridized carbons (Fsp3) is 0.793. The number of carbonyl (C=O) groups is 2. The normalized spacial score (nSPS) is 20.8. The van der Waals surface area contributed by atoms with Crippen molar-refractivity contribution in [3.8, 4) is 0 Å². The number of alkyl halides is 2. The molecule has 3 atom stereocenters. The summed E-state index contributed by atoms with van der Waals surface area (Å²) < 4.78 is 54.8. The van der Waals surface area contributed by atoms with Crippen LogP contribution in [0.5, 0.6) is 0 Å². The van der Waals surface area contributed by atoms with Crippen molar-refractivity contribution >= 4 is 26.2 Å². The number of aromatic nitrogens is 2. The summed E-state index contributed by atoms with van der Waals surface area (Å²) in [5, 5.41) is 2.11. The maximum Gasteiger partial charge on any atom is 0.413 e. The number of hydrogen-bond acceptors (Lipinski definition) is 8. The van der Waals surface area contributed by atoms with Gasteiger partial charge in [-0.05, 0) is 51.4 Å². The van der Waals surface area contributed by atoms with Gasteiger partial charge in [0.2, 0.25) is 6.23 Å². The molecule has 0 bridgehead atoms. The summed E-state index contributed by atoms with van der Waals surface area (Å²) >= 11 is 0. The van der Waals surface area contributed by atoms with Gasteiger partial charge < -0.3 is 18.6 Å². The fourth-order valence-corrected chi connectivity index (χ4v) is 5.09. The maximum atomic E-state index is 15.9. The molecule has 1 aromatic rings. The molecular formula is C29H49F2N3O7Si. The summed E-state index contributed by atoms with van der Waals surface area (Å²) in [4.78, 5) is 41.2. The van der Waals surface area contributed by atoms with E-state index in [0.717, 1.165) is 38.3 Å². The molecule has 0 saturated carbocycles. The van der Waals surface area contributed by atoms with Gasteiger partial charge in [0.05, 0.1) is 6.61 Å². The number of amides is 1. The third kappa shape index (κ3) is 10.1. The molecular weight excluding hydrogens is 568 g/mol. The van der Waals surface area contributed by atoms with Crippen molar-refractivity contribution in [1.82, 2.24) is 9.55 Å². The number of hydrogen-bond donors (Lipinski definition) is 1. The second-order valence-corrected chi connectivity index (χ2v) is 18.1. The molecule has 13 heteroatoms. The van der Waals surface area contributed by atoms with Gasteiger partial charge in [0.15, 0.2) is 14.4 Å². The van der Waals surface area contributed by atoms with E-state index in [9.17, 15) is 14.4 Å². The molecule has 0 spiro atoms. The topological polar surface area (TPSA) is 118 Å². The Morgan fingerprint density at radius 3 is 2.29 bits per heavy atom. The van der Waals surface area contributed by atoms with Gasteiger partial charge in [-0.15, -0.1) is 0 Å². The Kier molecular flexibility index (Phi) is 12.3. The average molecular weight is 618 g/mol. The Hall–Kier alpha value is -2.38. The number of esters is 1. The molecule has 1 amide bonds. The lowest BCUT2D eigenvalue weighted by atomic mass is 10.1. The van der Waals surface area contributed by atoms with Gasteiger partial charge in [0.25, 0.3) is 0 Å². The van der Waals surface area contributed by atoms with E-state index in [0.29, 0.717) is 11.0 Å². The van der Waals surface area contributed by atoms with Crippen LogP contribution < -0.4 is 11.0 Å². The van der Waals surface area contributed by atoms with Crippen LogP contribution in [0.4, 0.5) is 19.4 Å². The zero-order valence-electron chi connectivity index (χ0n) is 26.6. The van der Waals surface area contributed by atoms with Crippen LogP contribution in [0.3, 0.4) is 0 Å². The molecule has 1 aromatic heterocycles. The molecule has 1 fully saturated rings. The summed E-state index contributed by atoms with van der Waals surface area (Å²) in [6.07, 6.45) is 0.377. The van der Waals surface area contributed by atoms with Crippen molar-refractivity contribution in [2.24, 2.45) is 0 Å². The van der Waals surface area contributed by atoms with Crippen molar-refractivity contribution in [3.05, 3.63) is 22.7 Å². The van der Waals surface area contributed by atoms with Crippen LogP contribution in [0.25, 0.3) is 0 Å². The number of rotatable bonds is 13. The lowest BCUT2D eigenvalue weighted by molar-refractivity contribution is -0.176. The van der Waals surface area contributed by atoms with Crippen molar-refractivity contribution in [2.75, 3.05) is 11.9 Å². The Bertz CT molecular complexity index is 1120. The van der Waals surface area contributed by atoms with E-state index in [1.165, 1.54) is 6.07 Å². The molecule has 2 rings (SSSR count). The smallest absolute Gasteiger partial charge is 0.413 e. The summed E-state index contributed by atoms with van der Waals surface area (Å²) in [5.74, 6) is -4.70. The lowest BCUT2D eigenvalue weighted by Crippen LogP contribution is -2.47. The monoisotopic (exact) mass is 617 g/mol. The highest BCUT2D eigenvalue weighted by molar-refractivity contribution is 6.74. The van der Waals surface area contributed by atoms with Crippen molar-refractivity contribution in [2.45, 2.75) is 142 Å². The SMILES string of the molecule is CCCCCCCCC(=O)O[C@@H]1C(CO[Si](C)(C)C(C)(C)C)OC(n2ccc(NC(=O)OC(C)(C)C)nc2=O)C1(F)F. The average Bonchev–Trinajstić information content (AvgIpc) is 3.07. The van der Waals surface area contributed by atoms with Gasteiger partial charge >= 0.3 is 23.7 Å². The quantitative estimate of drug-likeness (QED) is 0.146. The highest BCUT2D eigenvalue weighted by Crippen LogP contribution is 2.45. The Labute approximate surface area is 249 Å². The van der Waals surface area contributed by atoms with Crippen LogP contribution in [0.1, 0.15) is 99.6 Å². The van der Waals surface area contributed by atoms with E-state index >= 15 is 8.78 Å². The minimum Gasteiger partial charge on any atom is -0.453 e. The van der Waals surface area contributed by atoms with Crippen molar-refractivity contribution in [3.63, 3.8) is 0 Å². The first-order valence-corrected chi connectivity index (χ1v) is 17.6. The van der Waals surface area contributed by atoms with Crippen LogP contribution in [-0.4, -0.2) is 60.3 Å². The van der Waals surface area contributed by atoms with E-state index in [-0.39, 0.29) is 23.9 Å². The van der Waals surface area contributed by atoms with Crippen LogP contribution >= 0.6 is 0 Å². The first kappa shape index (κ1) is 35.8. The predicted octanol–water partition coefficient (Wildman–Crippen LogP) is 6.81. The lowest BCUT2D eigenvalue weighted by Gasteiger charge is -2.37. The molecule has 0 aliphatic carbocycles. The molecule has 0 radical (unpaired) electrons. The van der Waals surface area contributed by atoms with Gasteiger partial charge in [0.1, 0.15) is 17.5 Å². The predicted molar refractivity (Wildman–Crippen MR) is 158 cm³/mol. The van der Waals surface area contributed by atoms with Crippen molar-refractivity contribution < 1.29 is 37.0 Å². The first-order valence-electron chi connectivity index (χ1n) is 14.7. The fourth-order valence-electron chi connectivity index (χ4n) is 4.07. The molecule has 1 N–H and O–H groups in total. The van der Waals surface area contributed by atoms with Gasteiger partial charge in [-0.2, -0.15) is 13.8 Å². The molecule has 240 valence electrons. The van der Waals surface area contributed by atoms with Gasteiger partial charge in [-0.25, -0.2) is 9.59 Å². The minimum atomic E-state index is -3.77. The molecule has 2 heterocycles. The van der Waals surface area contributed by atoms with Crippen LogP contribution in [0.2, 0.25) is 18.1 Å². The number of anilines is 1. The van der Waals surface area contributed by atoms with E-state index in [2.05, 4.69) is 17.2 Å². The third-order valence-corrected chi connectivity index (χ3v) is 12.0. The number of unbranched alkanes of at least 4 members (excludes halogenated alkanes) is 5. The molecule has 1 saturated heterocycles. The van der Waals surface area contributed by atoms with Gasteiger partial charge in [-0.1, -0.05) is 59.8 Å². The minimum absolute atomic E-state index is 0.00567. The molecule has 2 unspecified atom stereocenters. The number of ether oxygens (including phenoxy) is 3. The van der Waals surface area contributed by atoms with Crippen molar-refractivity contribution in [1.29, 1.82) is 0 Å². The van der Waals surface area contributed by atoms with E-state index in [1.54, 1.807) is 20.8 Å². The third-order valence-electron chi connectivity index (χ3n) is 7.47. The molecule has 10 nitrogen and oxygen atoms in total. The summed E-state index contributed by atoms with van der Waals surface area (Å²) in [6, 6.07) is 1.18. The first-order chi connectivity index (χ1) is 19.3. The largest absolute Gasteiger partial charge is 0.453 e. The van der Waals surface area contributed by atoms with Gasteiger partial charge in [0, 0.05) is 12.6 Å². The maximum absolute atomic E-state index is 15.9. The second-order valence-electron chi connectivity index (χ2n) is 13.3. The van der Waals surface area contributed by atoms with Crippen LogP contribution in [-0.2, 0) is 23.4 Å². The molecule has 42 heavy (non-hydrogen) atoms. The second kappa shape index (κ2) is 14.4. The highest BCUT2D eigenvalue weighted by Gasteiger charge is 2.62. The van der Waals surface area contributed by atoms with Gasteiger partial charge in [-0.3, -0.25) is 14.7 Å². The number of nitrogens with zero attached hydrogens (tertiary/aromatic N) is 2. The van der Waals surface area contributed by atoms with E-state index in [1.807, 2.05) is 33.9 Å². The Balaban J connectivity index is 2.25. The van der Waals surface area contributed by atoms with Crippen LogP contribution in [0, 0.1) is 0 Å². The zero-order valence-corrected chi connectivity index (χ0v) is 27.6. The summed E-state index contributed by atoms with van der Waals surface area (Å²) in [5.41, 5.74) is -1.88. The Morgan fingerprint density at radius 1 is 1.10 bits per heavy atom. The van der Waals surface area contributed by atoms with Crippen LogP contribution in [0.15, 0.2) is 17.1 Å². The van der Waals surface area contributed by atoms with E-state index in [4.69, 9.17) is 18.6 Å². The standard InChI is InChI=1S/C29H49F2N3O7Si/c1-10-11-12-13-14-15-16-22(35)40-23-20(19-38-42(8,9)28(5,6)7)39-24(29(23,30)31)34-18-17-21(32-25(34)36)33-26(37)41-27(2,3)4/h17-18,20,23-24H,10-16,19H2,1-9H3,(H,32,33,36,37)/t20?,23-,24?/m1/s1. The highest BCUT2D eigenvalue weighted by atomic mass is 28.4. The Morgan fingerprint density at radius 2 is 1.71 bits per heavy atom. The van der Waals surface area contributed by atoms with E-state index < -0.39 is 56.0 Å². The molecule has 0 aromatic carbocycles. The zero-order chi connectivity index (χ0) is 31.9. The number of halogens is 2. The number of nitrogens with one attached hydrogen (secondary N) is 1.